The van der Waals surface area contributed by atoms with Crippen LogP contribution < -0.4 is 10.6 Å². The molecule has 0 spiro atoms. The van der Waals surface area contributed by atoms with Crippen molar-refractivity contribution < 1.29 is 4.79 Å². The molecule has 0 radical (unpaired) electrons. The van der Waals surface area contributed by atoms with Crippen LogP contribution in [-0.4, -0.2) is 23.5 Å². The average Bonchev–Trinajstić information content (AvgIpc) is 2.84. The van der Waals surface area contributed by atoms with Crippen LogP contribution in [0.4, 0.5) is 0 Å². The summed E-state index contributed by atoms with van der Waals surface area (Å²) >= 11 is 0. The first-order valence-corrected chi connectivity index (χ1v) is 6.36. The van der Waals surface area contributed by atoms with E-state index < -0.39 is 0 Å². The second kappa shape index (κ2) is 5.17. The van der Waals surface area contributed by atoms with Gasteiger partial charge in [-0.15, -0.1) is 0 Å². The Kier molecular flexibility index (Phi) is 4.36. The second-order valence-corrected chi connectivity index (χ2v) is 6.21. The van der Waals surface area contributed by atoms with Crippen LogP contribution in [0.2, 0.25) is 0 Å². The van der Waals surface area contributed by atoms with E-state index in [1.54, 1.807) is 0 Å². The zero-order chi connectivity index (χ0) is 12.3. The van der Waals surface area contributed by atoms with Crippen molar-refractivity contribution in [1.82, 2.24) is 10.6 Å². The Morgan fingerprint density at radius 3 is 2.31 bits per heavy atom. The lowest BCUT2D eigenvalue weighted by Crippen LogP contribution is -2.51. The van der Waals surface area contributed by atoms with Crippen molar-refractivity contribution in [3.05, 3.63) is 0 Å². The SMILES string of the molecule is CC(CC1CC1)NC(C)C(=O)NC(C)(C)C. The molecule has 1 aliphatic carbocycles. The monoisotopic (exact) mass is 226 g/mol. The van der Waals surface area contributed by atoms with Gasteiger partial charge in [-0.2, -0.15) is 0 Å². The minimum atomic E-state index is -0.146. The maximum atomic E-state index is 11.8. The number of carbonyl (C=O) groups excluding carboxylic acids is 1. The van der Waals surface area contributed by atoms with E-state index in [2.05, 4.69) is 17.6 Å². The summed E-state index contributed by atoms with van der Waals surface area (Å²) in [6, 6.07) is 0.334. The highest BCUT2D eigenvalue weighted by molar-refractivity contribution is 5.81. The van der Waals surface area contributed by atoms with E-state index in [1.165, 1.54) is 19.3 Å². The Hall–Kier alpha value is -0.570. The Morgan fingerprint density at radius 2 is 1.88 bits per heavy atom. The van der Waals surface area contributed by atoms with Gasteiger partial charge in [-0.1, -0.05) is 12.8 Å². The van der Waals surface area contributed by atoms with Crippen molar-refractivity contribution in [2.75, 3.05) is 0 Å². The fourth-order valence-electron chi connectivity index (χ4n) is 1.90. The zero-order valence-electron chi connectivity index (χ0n) is 11.3. The predicted octanol–water partition coefficient (Wildman–Crippen LogP) is 2.07. The lowest BCUT2D eigenvalue weighted by molar-refractivity contribution is -0.124. The van der Waals surface area contributed by atoms with Crippen LogP contribution in [-0.2, 0) is 4.79 Å². The van der Waals surface area contributed by atoms with Gasteiger partial charge < -0.3 is 10.6 Å². The lowest BCUT2D eigenvalue weighted by Gasteiger charge is -2.25. The normalized spacial score (nSPS) is 20.3. The van der Waals surface area contributed by atoms with E-state index >= 15 is 0 Å². The molecule has 16 heavy (non-hydrogen) atoms. The molecule has 0 aliphatic heterocycles. The highest BCUT2D eigenvalue weighted by Gasteiger charge is 2.25. The van der Waals surface area contributed by atoms with Crippen LogP contribution in [0.5, 0.6) is 0 Å². The number of rotatable bonds is 5. The van der Waals surface area contributed by atoms with Gasteiger partial charge >= 0.3 is 0 Å². The fourth-order valence-corrected chi connectivity index (χ4v) is 1.90. The van der Waals surface area contributed by atoms with Gasteiger partial charge in [0.1, 0.15) is 0 Å². The van der Waals surface area contributed by atoms with E-state index in [1.807, 2.05) is 27.7 Å². The molecule has 1 rings (SSSR count). The van der Waals surface area contributed by atoms with Gasteiger partial charge in [-0.05, 0) is 47.0 Å². The van der Waals surface area contributed by atoms with Crippen LogP contribution in [0.15, 0.2) is 0 Å². The molecule has 1 amide bonds. The Morgan fingerprint density at radius 1 is 1.31 bits per heavy atom. The molecule has 0 aromatic carbocycles. The first-order valence-electron chi connectivity index (χ1n) is 6.36. The maximum absolute atomic E-state index is 11.8. The number of hydrogen-bond donors (Lipinski definition) is 2. The summed E-state index contributed by atoms with van der Waals surface area (Å²) in [7, 11) is 0. The molecular weight excluding hydrogens is 200 g/mol. The summed E-state index contributed by atoms with van der Waals surface area (Å²) in [6.07, 6.45) is 3.94. The molecule has 2 unspecified atom stereocenters. The van der Waals surface area contributed by atoms with Gasteiger partial charge in [0.15, 0.2) is 0 Å². The molecule has 3 nitrogen and oxygen atoms in total. The van der Waals surface area contributed by atoms with E-state index in [-0.39, 0.29) is 17.5 Å². The third-order valence-corrected chi connectivity index (χ3v) is 2.81. The van der Waals surface area contributed by atoms with Crippen LogP contribution in [0.3, 0.4) is 0 Å². The van der Waals surface area contributed by atoms with E-state index in [0.29, 0.717) is 6.04 Å². The maximum Gasteiger partial charge on any atom is 0.237 e. The molecule has 3 heteroatoms. The number of amides is 1. The Balaban J connectivity index is 2.26. The van der Waals surface area contributed by atoms with E-state index in [9.17, 15) is 4.79 Å². The molecule has 1 fully saturated rings. The highest BCUT2D eigenvalue weighted by atomic mass is 16.2. The topological polar surface area (TPSA) is 41.1 Å². The van der Waals surface area contributed by atoms with Crippen molar-refractivity contribution in [3.8, 4) is 0 Å². The molecule has 94 valence electrons. The molecule has 0 bridgehead atoms. The summed E-state index contributed by atoms with van der Waals surface area (Å²) in [5.74, 6) is 0.996. The number of hydrogen-bond acceptors (Lipinski definition) is 2. The summed E-state index contributed by atoms with van der Waals surface area (Å²) in [5.41, 5.74) is -0.146. The molecule has 2 atom stereocenters. The molecular formula is C13H26N2O. The first-order chi connectivity index (χ1) is 7.28. The van der Waals surface area contributed by atoms with Crippen molar-refractivity contribution in [1.29, 1.82) is 0 Å². The molecule has 0 heterocycles. The summed E-state index contributed by atoms with van der Waals surface area (Å²) in [5, 5.41) is 6.35. The Labute approximate surface area is 99.4 Å². The van der Waals surface area contributed by atoms with Gasteiger partial charge in [0.05, 0.1) is 6.04 Å². The molecule has 1 saturated carbocycles. The van der Waals surface area contributed by atoms with Crippen LogP contribution in [0, 0.1) is 5.92 Å². The number of nitrogens with one attached hydrogen (secondary N) is 2. The summed E-state index contributed by atoms with van der Waals surface area (Å²) in [4.78, 5) is 11.8. The standard InChI is InChI=1S/C13H26N2O/c1-9(8-11-6-7-11)14-10(2)12(16)15-13(3,4)5/h9-11,14H,6-8H2,1-5H3,(H,15,16). The predicted molar refractivity (Wildman–Crippen MR) is 67.3 cm³/mol. The van der Waals surface area contributed by atoms with Gasteiger partial charge in [0, 0.05) is 11.6 Å². The van der Waals surface area contributed by atoms with Gasteiger partial charge in [0.2, 0.25) is 5.91 Å². The van der Waals surface area contributed by atoms with Gasteiger partial charge in [-0.25, -0.2) is 0 Å². The summed E-state index contributed by atoms with van der Waals surface area (Å²) < 4.78 is 0. The lowest BCUT2D eigenvalue weighted by atomic mass is 10.1. The smallest absolute Gasteiger partial charge is 0.237 e. The first kappa shape index (κ1) is 13.5. The molecule has 1 aliphatic rings. The molecule has 0 aromatic rings. The molecule has 0 saturated heterocycles. The quantitative estimate of drug-likeness (QED) is 0.753. The van der Waals surface area contributed by atoms with Crippen molar-refractivity contribution in [2.24, 2.45) is 5.92 Å². The van der Waals surface area contributed by atoms with E-state index in [0.717, 1.165) is 5.92 Å². The van der Waals surface area contributed by atoms with Crippen LogP contribution >= 0.6 is 0 Å². The third-order valence-electron chi connectivity index (χ3n) is 2.81. The van der Waals surface area contributed by atoms with Gasteiger partial charge in [-0.3, -0.25) is 4.79 Å². The van der Waals surface area contributed by atoms with Crippen molar-refractivity contribution in [3.63, 3.8) is 0 Å². The van der Waals surface area contributed by atoms with Crippen molar-refractivity contribution in [2.45, 2.75) is 71.5 Å². The minimum absolute atomic E-state index is 0.0927. The van der Waals surface area contributed by atoms with Crippen molar-refractivity contribution >= 4 is 5.91 Å². The summed E-state index contributed by atoms with van der Waals surface area (Å²) in [6.45, 7) is 10.1. The number of carbonyl (C=O) groups is 1. The molecule has 2 N–H and O–H groups in total. The average molecular weight is 226 g/mol. The van der Waals surface area contributed by atoms with Crippen LogP contribution in [0.25, 0.3) is 0 Å². The van der Waals surface area contributed by atoms with E-state index in [4.69, 9.17) is 0 Å². The Bertz CT molecular complexity index is 241. The van der Waals surface area contributed by atoms with Gasteiger partial charge in [0.25, 0.3) is 0 Å². The van der Waals surface area contributed by atoms with Crippen LogP contribution in [0.1, 0.15) is 53.9 Å². The minimum Gasteiger partial charge on any atom is -0.350 e. The fraction of sp³-hybridized carbons (Fsp3) is 0.923. The molecule has 0 aromatic heterocycles. The second-order valence-electron chi connectivity index (χ2n) is 6.21. The largest absolute Gasteiger partial charge is 0.350 e. The zero-order valence-corrected chi connectivity index (χ0v) is 11.3. The third kappa shape index (κ3) is 5.50. The highest BCUT2D eigenvalue weighted by Crippen LogP contribution is 2.33.